The van der Waals surface area contributed by atoms with Gasteiger partial charge in [0.2, 0.25) is 0 Å². The molecule has 0 amide bonds. The van der Waals surface area contributed by atoms with Gasteiger partial charge in [-0.15, -0.1) is 0 Å². The fourth-order valence-electron chi connectivity index (χ4n) is 2.93. The van der Waals surface area contributed by atoms with Crippen LogP contribution in [0.2, 0.25) is 0 Å². The van der Waals surface area contributed by atoms with E-state index in [0.29, 0.717) is 0 Å². The molecule has 0 spiro atoms. The minimum Gasteiger partial charge on any atom is -1.00 e. The van der Waals surface area contributed by atoms with E-state index in [4.69, 9.17) is 0 Å². The zero-order valence-corrected chi connectivity index (χ0v) is 15.4. The van der Waals surface area contributed by atoms with Gasteiger partial charge in [-0.25, -0.2) is 0 Å². The smallest absolute Gasteiger partial charge is 1.00 e. The van der Waals surface area contributed by atoms with Crippen molar-refractivity contribution in [2.45, 2.75) is 20.3 Å². The first-order chi connectivity index (χ1) is 9.38. The van der Waals surface area contributed by atoms with Gasteiger partial charge in [0, 0.05) is 0 Å². The van der Waals surface area contributed by atoms with Crippen molar-refractivity contribution in [3.05, 3.63) is 77.3 Å². The third-order valence-corrected chi connectivity index (χ3v) is 7.01. The standard InChI is InChI=1S/2C9H7.CH4.2ClH.Zr/c2*1-2-5-9-7-3-6-8(9)4-1;;;;/h2*1-2,4-6H,7H2;1H4;2*1H;/q;;;;;+2/p-2. The van der Waals surface area contributed by atoms with E-state index >= 15 is 0 Å². The van der Waals surface area contributed by atoms with Crippen LogP contribution in [0.4, 0.5) is 0 Å². The summed E-state index contributed by atoms with van der Waals surface area (Å²) in [5.41, 5.74) is 5.95. The third kappa shape index (κ3) is 3.82. The number of hydrogen-bond acceptors (Lipinski definition) is 0. The van der Waals surface area contributed by atoms with Crippen LogP contribution in [-0.4, -0.2) is 0 Å². The molecule has 0 radical (unpaired) electrons. The Morgan fingerprint density at radius 3 is 1.45 bits per heavy atom. The van der Waals surface area contributed by atoms with Crippen molar-refractivity contribution in [2.75, 3.05) is 0 Å². The van der Waals surface area contributed by atoms with Gasteiger partial charge in [-0.3, -0.25) is 0 Å². The third-order valence-electron chi connectivity index (χ3n) is 3.85. The first-order valence-electron chi connectivity index (χ1n) is 6.72. The minimum absolute atomic E-state index is 0. The topological polar surface area (TPSA) is 0 Å². The Morgan fingerprint density at radius 2 is 1.05 bits per heavy atom. The van der Waals surface area contributed by atoms with E-state index in [1.54, 1.807) is 6.56 Å². The van der Waals surface area contributed by atoms with Gasteiger partial charge in [-0.05, 0) is 0 Å². The van der Waals surface area contributed by atoms with Crippen LogP contribution in [0.25, 0.3) is 12.2 Å². The van der Waals surface area contributed by atoms with Gasteiger partial charge < -0.3 is 24.8 Å². The molecule has 0 nitrogen and oxygen atoms in total. The molecule has 2 aromatic rings. The number of halogens is 2. The van der Waals surface area contributed by atoms with E-state index in [9.17, 15) is 0 Å². The van der Waals surface area contributed by atoms with Crippen molar-refractivity contribution < 1.29 is 48.0 Å². The van der Waals surface area contributed by atoms with E-state index in [0.717, 1.165) is 0 Å². The summed E-state index contributed by atoms with van der Waals surface area (Å²) in [5, 5.41) is 0. The van der Waals surface area contributed by atoms with Crippen molar-refractivity contribution in [1.29, 1.82) is 0 Å². The first kappa shape index (κ1) is 19.4. The van der Waals surface area contributed by atoms with E-state index in [-0.39, 0.29) is 32.2 Å². The van der Waals surface area contributed by atoms with Crippen LogP contribution in [0.15, 0.2) is 55.1 Å². The molecule has 0 heterocycles. The summed E-state index contributed by atoms with van der Waals surface area (Å²) in [5.74, 6) is 0. The monoisotopic (exact) mass is 406 g/mol. The van der Waals surface area contributed by atoms with Crippen LogP contribution >= 0.6 is 0 Å². The van der Waals surface area contributed by atoms with Crippen LogP contribution in [0, 0.1) is 0 Å². The number of benzene rings is 2. The maximum atomic E-state index is 2.45. The molecule has 0 atom stereocenters. The molecule has 0 saturated carbocycles. The first-order valence-corrected chi connectivity index (χ1v) is 9.18. The normalized spacial score (nSPS) is 13.3. The van der Waals surface area contributed by atoms with Gasteiger partial charge in [0.25, 0.3) is 0 Å². The number of allylic oxidation sites excluding steroid dienone is 2. The average Bonchev–Trinajstić information content (AvgIpc) is 3.00. The second-order valence-electron chi connectivity index (χ2n) is 5.22. The second-order valence-corrected chi connectivity index (χ2v) is 8.99. The summed E-state index contributed by atoms with van der Waals surface area (Å²) in [7, 11) is 0. The van der Waals surface area contributed by atoms with Crippen LogP contribution in [0.5, 0.6) is 0 Å². The van der Waals surface area contributed by atoms with Gasteiger partial charge in [0.15, 0.2) is 0 Å². The summed E-state index contributed by atoms with van der Waals surface area (Å²) in [6.07, 6.45) is 7.31. The number of rotatable bonds is 2. The van der Waals surface area contributed by atoms with Gasteiger partial charge >= 0.3 is 126 Å². The Balaban J connectivity index is 0.000000807. The quantitative estimate of drug-likeness (QED) is 0.593. The molecule has 112 valence electrons. The van der Waals surface area contributed by atoms with E-state index in [1.807, 2.05) is 0 Å². The summed E-state index contributed by atoms with van der Waals surface area (Å²) in [4.78, 5) is 0. The van der Waals surface area contributed by atoms with Crippen molar-refractivity contribution in [1.82, 2.24) is 0 Å². The molecule has 0 aromatic heterocycles. The molecule has 2 aliphatic carbocycles. The van der Waals surface area contributed by atoms with E-state index in [1.165, 1.54) is 35.1 Å². The fourth-order valence-corrected chi connectivity index (χ4v) is 6.43. The average molecular weight is 408 g/mol. The van der Waals surface area contributed by atoms with Crippen molar-refractivity contribution in [2.24, 2.45) is 0 Å². The van der Waals surface area contributed by atoms with Crippen LogP contribution in [-0.2, 0) is 36.1 Å². The zero-order chi connectivity index (χ0) is 12.7. The van der Waals surface area contributed by atoms with Gasteiger partial charge in [0.05, 0.1) is 0 Å². The fraction of sp³-hybridized carbons (Fsp3) is 0.158. The van der Waals surface area contributed by atoms with Crippen molar-refractivity contribution >= 4 is 12.2 Å². The molecule has 0 saturated heterocycles. The predicted octanol–water partition coefficient (Wildman–Crippen LogP) is -1.09. The summed E-state index contributed by atoms with van der Waals surface area (Å²) in [6.45, 7) is 0. The summed E-state index contributed by atoms with van der Waals surface area (Å²) < 4.78 is 3.45. The molecule has 4 rings (SSSR count). The predicted molar refractivity (Wildman–Crippen MR) is 83.0 cm³/mol. The molecule has 0 N–H and O–H groups in total. The Hall–Kier alpha value is -0.617. The molecule has 0 fully saturated rings. The van der Waals surface area contributed by atoms with Crippen LogP contribution in [0.3, 0.4) is 0 Å². The Labute approximate surface area is 157 Å². The molecular formula is C19H18Cl2Zr. The Bertz CT molecular complexity index is 655. The SMILES string of the molecule is C.C1=[C]([Zr+2][C]2=Cc3ccccc3C2)Cc2ccccc21.[Cl-].[Cl-]. The molecule has 0 aliphatic heterocycles. The zero-order valence-electron chi connectivity index (χ0n) is 11.4. The van der Waals surface area contributed by atoms with Gasteiger partial charge in [0.1, 0.15) is 0 Å². The Kier molecular flexibility index (Phi) is 7.33. The van der Waals surface area contributed by atoms with Crippen molar-refractivity contribution in [3.8, 4) is 0 Å². The number of fused-ring (bicyclic) bond motifs is 2. The maximum absolute atomic E-state index is 2.45. The van der Waals surface area contributed by atoms with Gasteiger partial charge in [-0.2, -0.15) is 0 Å². The van der Waals surface area contributed by atoms with E-state index < -0.39 is 23.2 Å². The molecule has 2 aliphatic rings. The molecule has 0 bridgehead atoms. The number of hydrogen-bond donors (Lipinski definition) is 0. The summed E-state index contributed by atoms with van der Waals surface area (Å²) >= 11 is -0.548. The largest absolute Gasteiger partial charge is 1.00 e. The molecule has 0 unspecified atom stereocenters. The Morgan fingerprint density at radius 1 is 0.636 bits per heavy atom. The van der Waals surface area contributed by atoms with Crippen molar-refractivity contribution in [3.63, 3.8) is 0 Å². The molecular weight excluding hydrogens is 390 g/mol. The molecule has 22 heavy (non-hydrogen) atoms. The van der Waals surface area contributed by atoms with Gasteiger partial charge in [-0.1, -0.05) is 7.43 Å². The molecule has 3 heteroatoms. The minimum atomic E-state index is -0.548. The molecule has 2 aromatic carbocycles. The maximum Gasteiger partial charge on any atom is -1.00 e. The summed E-state index contributed by atoms with van der Waals surface area (Å²) in [6, 6.07) is 17.7. The second kappa shape index (κ2) is 8.30. The van der Waals surface area contributed by atoms with E-state index in [2.05, 4.69) is 60.7 Å². The van der Waals surface area contributed by atoms with Crippen LogP contribution < -0.4 is 24.8 Å². The van der Waals surface area contributed by atoms with Crippen LogP contribution in [0.1, 0.15) is 29.7 Å².